The molecule has 0 aliphatic carbocycles. The summed E-state index contributed by atoms with van der Waals surface area (Å²) in [6.45, 7) is 8.73. The van der Waals surface area contributed by atoms with E-state index < -0.39 is 0 Å². The Morgan fingerprint density at radius 1 is 0.926 bits per heavy atom. The fourth-order valence-electron chi connectivity index (χ4n) is 3.33. The number of rotatable bonds is 16. The minimum Gasteiger partial charge on any atom is -0.395 e. The summed E-state index contributed by atoms with van der Waals surface area (Å²) in [4.78, 5) is 11.2. The maximum atomic E-state index is 11.2. The molecule has 1 amide bonds. The molecule has 1 aliphatic heterocycles. The van der Waals surface area contributed by atoms with Gasteiger partial charge in [-0.15, -0.1) is 0 Å². The molecule has 0 spiro atoms. The van der Waals surface area contributed by atoms with Gasteiger partial charge in [-0.2, -0.15) is 0 Å². The molecule has 7 heteroatoms. The summed E-state index contributed by atoms with van der Waals surface area (Å²) in [6.07, 6.45) is 6.21. The van der Waals surface area contributed by atoms with Crippen molar-refractivity contribution in [3.05, 3.63) is 0 Å². The minimum absolute atomic E-state index is 0.0906. The molecular weight excluding hydrogens is 348 g/mol. The van der Waals surface area contributed by atoms with Crippen molar-refractivity contribution >= 4 is 6.41 Å². The number of piperidine rings is 1. The lowest BCUT2D eigenvalue weighted by molar-refractivity contribution is -0.142. The summed E-state index contributed by atoms with van der Waals surface area (Å²) < 4.78 is 18.2. The highest BCUT2D eigenvalue weighted by atomic mass is 16.5. The van der Waals surface area contributed by atoms with Crippen molar-refractivity contribution in [1.29, 1.82) is 0 Å². The molecule has 0 bridgehead atoms. The topological polar surface area (TPSA) is 89.1 Å². The van der Waals surface area contributed by atoms with Crippen LogP contribution in [-0.4, -0.2) is 74.9 Å². The molecule has 0 aromatic rings. The Balaban J connectivity index is 2.90. The predicted octanol–water partition coefficient (Wildman–Crippen LogP) is 1.62. The van der Waals surface area contributed by atoms with Crippen LogP contribution in [0.4, 0.5) is 0 Å². The molecule has 0 unspecified atom stereocenters. The Morgan fingerprint density at radius 2 is 1.52 bits per heavy atom. The fourth-order valence-corrected chi connectivity index (χ4v) is 3.33. The van der Waals surface area contributed by atoms with Gasteiger partial charge in [-0.3, -0.25) is 4.79 Å². The van der Waals surface area contributed by atoms with Gasteiger partial charge in [0.2, 0.25) is 6.41 Å². The zero-order chi connectivity index (χ0) is 19.9. The fraction of sp³-hybridized carbons (Fsp3) is 0.950. The van der Waals surface area contributed by atoms with Gasteiger partial charge in [-0.1, -0.05) is 40.0 Å². The third kappa shape index (κ3) is 8.44. The molecule has 1 rings (SSSR count). The molecule has 1 fully saturated rings. The maximum Gasteiger partial charge on any atom is 0.207 e. The van der Waals surface area contributed by atoms with Gasteiger partial charge in [0.15, 0.2) is 0 Å². The van der Waals surface area contributed by atoms with Crippen molar-refractivity contribution in [2.45, 2.75) is 89.6 Å². The number of amides is 1. The normalized spacial score (nSPS) is 28.2. The second kappa shape index (κ2) is 15.2. The molecule has 0 aromatic heterocycles. The van der Waals surface area contributed by atoms with E-state index in [2.05, 4.69) is 31.4 Å². The Bertz CT molecular complexity index is 372. The van der Waals surface area contributed by atoms with Gasteiger partial charge in [0, 0.05) is 19.8 Å². The molecule has 0 aromatic carbocycles. The van der Waals surface area contributed by atoms with Gasteiger partial charge in [0.05, 0.1) is 31.3 Å². The van der Waals surface area contributed by atoms with Crippen LogP contribution in [0.3, 0.4) is 0 Å². The minimum atomic E-state index is -0.345. The van der Waals surface area contributed by atoms with Crippen molar-refractivity contribution in [1.82, 2.24) is 10.6 Å². The second-order valence-corrected chi connectivity index (χ2v) is 7.18. The summed E-state index contributed by atoms with van der Waals surface area (Å²) in [5.74, 6) is 0. The van der Waals surface area contributed by atoms with E-state index in [9.17, 15) is 9.90 Å². The van der Waals surface area contributed by atoms with E-state index in [1.165, 1.54) is 0 Å². The van der Waals surface area contributed by atoms with Crippen molar-refractivity contribution in [2.24, 2.45) is 0 Å². The van der Waals surface area contributed by atoms with Crippen LogP contribution in [0.2, 0.25) is 0 Å². The Kier molecular flexibility index (Phi) is 13.7. The Morgan fingerprint density at radius 3 is 2.07 bits per heavy atom. The molecule has 7 nitrogen and oxygen atoms in total. The number of unbranched alkanes of at least 4 members (excludes halogenated alkanes) is 3. The molecule has 160 valence electrons. The first-order chi connectivity index (χ1) is 13.2. The largest absolute Gasteiger partial charge is 0.395 e. The van der Waals surface area contributed by atoms with E-state index in [1.54, 1.807) is 0 Å². The zero-order valence-electron chi connectivity index (χ0n) is 17.3. The first-order valence-corrected chi connectivity index (χ1v) is 10.6. The van der Waals surface area contributed by atoms with Gasteiger partial charge in [-0.25, -0.2) is 0 Å². The number of carbonyl (C=O) groups excluding carboxylic acids is 1. The first kappa shape index (κ1) is 24.3. The molecule has 5 atom stereocenters. The Hall–Kier alpha value is -0.730. The third-order valence-corrected chi connectivity index (χ3v) is 4.95. The van der Waals surface area contributed by atoms with E-state index in [0.717, 1.165) is 38.5 Å². The highest BCUT2D eigenvalue weighted by Crippen LogP contribution is 2.23. The van der Waals surface area contributed by atoms with Crippen LogP contribution >= 0.6 is 0 Å². The monoisotopic (exact) mass is 388 g/mol. The third-order valence-electron chi connectivity index (χ3n) is 4.95. The number of ether oxygens (including phenoxy) is 3. The maximum absolute atomic E-state index is 11.2. The van der Waals surface area contributed by atoms with Crippen LogP contribution in [0, 0.1) is 0 Å². The van der Waals surface area contributed by atoms with Crippen molar-refractivity contribution in [3.63, 3.8) is 0 Å². The van der Waals surface area contributed by atoms with E-state index >= 15 is 0 Å². The molecular formula is C20H40N2O5. The smallest absolute Gasteiger partial charge is 0.207 e. The number of hydrogen-bond donors (Lipinski definition) is 3. The van der Waals surface area contributed by atoms with Gasteiger partial charge in [-0.05, 0) is 19.3 Å². The number of nitrogens with one attached hydrogen (secondary N) is 2. The van der Waals surface area contributed by atoms with Crippen LogP contribution in [0.5, 0.6) is 0 Å². The van der Waals surface area contributed by atoms with Crippen molar-refractivity contribution < 1.29 is 24.1 Å². The quantitative estimate of drug-likeness (QED) is 0.275. The summed E-state index contributed by atoms with van der Waals surface area (Å²) in [5.41, 5.74) is 0. The van der Waals surface area contributed by atoms with Crippen LogP contribution < -0.4 is 10.6 Å². The van der Waals surface area contributed by atoms with E-state index in [4.69, 9.17) is 14.2 Å². The van der Waals surface area contributed by atoms with E-state index in [1.807, 2.05) is 0 Å². The summed E-state index contributed by atoms with van der Waals surface area (Å²) in [5, 5.41) is 16.1. The molecule has 3 N–H and O–H groups in total. The lowest BCUT2D eigenvalue weighted by Gasteiger charge is -2.46. The van der Waals surface area contributed by atoms with Crippen LogP contribution in [0.1, 0.15) is 59.3 Å². The number of aliphatic hydroxyl groups excluding tert-OH is 1. The van der Waals surface area contributed by atoms with Crippen LogP contribution in [-0.2, 0) is 19.0 Å². The summed E-state index contributed by atoms with van der Waals surface area (Å²) in [7, 11) is 0. The molecule has 27 heavy (non-hydrogen) atoms. The first-order valence-electron chi connectivity index (χ1n) is 10.6. The average molecular weight is 389 g/mol. The standard InChI is InChI=1S/C20H40N2O5/c1-4-7-10-25-14-17-19(26-11-8-5-2)20(27-12-9-6-3)18(21-15-24)16(13-23)22-17/h15-20,22-23H,4-14H2,1-3H3,(H,21,24)/t16-,17+,18-,19+,20+/m0/s1. The van der Waals surface area contributed by atoms with Crippen molar-refractivity contribution in [2.75, 3.05) is 33.0 Å². The molecule has 1 aliphatic rings. The lowest BCUT2D eigenvalue weighted by Crippen LogP contribution is -2.71. The Labute approximate surface area is 164 Å². The summed E-state index contributed by atoms with van der Waals surface area (Å²) >= 11 is 0. The van der Waals surface area contributed by atoms with Gasteiger partial charge in [0.1, 0.15) is 12.2 Å². The predicted molar refractivity (Wildman–Crippen MR) is 106 cm³/mol. The van der Waals surface area contributed by atoms with Crippen LogP contribution in [0.15, 0.2) is 0 Å². The number of aliphatic hydroxyl groups is 1. The van der Waals surface area contributed by atoms with Crippen LogP contribution in [0.25, 0.3) is 0 Å². The average Bonchev–Trinajstić information content (AvgIpc) is 2.68. The number of carbonyl (C=O) groups is 1. The molecule has 1 saturated heterocycles. The SMILES string of the molecule is CCCCOC[C@H]1N[C@@H](CO)[C@H](NC=O)[C@@H](OCCCC)[C@@H]1OCCCC. The lowest BCUT2D eigenvalue weighted by atomic mass is 9.88. The van der Waals surface area contributed by atoms with Crippen molar-refractivity contribution in [3.8, 4) is 0 Å². The highest BCUT2D eigenvalue weighted by molar-refractivity contribution is 5.47. The molecule has 0 saturated carbocycles. The highest BCUT2D eigenvalue weighted by Gasteiger charge is 2.45. The van der Waals surface area contributed by atoms with E-state index in [-0.39, 0.29) is 36.9 Å². The van der Waals surface area contributed by atoms with Gasteiger partial charge in [0.25, 0.3) is 0 Å². The summed E-state index contributed by atoms with van der Waals surface area (Å²) in [6, 6.07) is -0.734. The van der Waals surface area contributed by atoms with Gasteiger partial charge >= 0.3 is 0 Å². The molecule has 0 radical (unpaired) electrons. The second-order valence-electron chi connectivity index (χ2n) is 7.18. The van der Waals surface area contributed by atoms with E-state index in [0.29, 0.717) is 32.8 Å². The van der Waals surface area contributed by atoms with Gasteiger partial charge < -0.3 is 30.0 Å². The molecule has 1 heterocycles. The number of hydrogen-bond acceptors (Lipinski definition) is 6. The zero-order valence-corrected chi connectivity index (χ0v) is 17.3.